The van der Waals surface area contributed by atoms with Gasteiger partial charge in [0.15, 0.2) is 0 Å². The third kappa shape index (κ3) is 5.55. The van der Waals surface area contributed by atoms with Gasteiger partial charge in [-0.25, -0.2) is 0 Å². The van der Waals surface area contributed by atoms with Crippen molar-refractivity contribution in [3.05, 3.63) is 64.7 Å². The Hall–Kier alpha value is -2.96. The highest BCUT2D eigenvalue weighted by Gasteiger charge is 2.29. The van der Waals surface area contributed by atoms with Crippen molar-refractivity contribution >= 4 is 11.8 Å². The van der Waals surface area contributed by atoms with Crippen molar-refractivity contribution in [2.24, 2.45) is 5.92 Å². The van der Waals surface area contributed by atoms with Crippen LogP contribution in [0.5, 0.6) is 5.75 Å². The number of piperidine rings is 1. The van der Waals surface area contributed by atoms with E-state index in [9.17, 15) is 18.4 Å². The topological polar surface area (TPSA) is 58.6 Å². The largest absolute Gasteiger partial charge is 0.434 e. The molecule has 0 saturated carbocycles. The Balaban J connectivity index is 1.61. The average molecular weight is 416 g/mol. The first kappa shape index (κ1) is 21.7. The maximum atomic E-state index is 12.9. The second kappa shape index (κ2) is 9.69. The van der Waals surface area contributed by atoms with E-state index >= 15 is 0 Å². The number of benzene rings is 2. The first-order chi connectivity index (χ1) is 14.3. The Bertz CT molecular complexity index is 897. The summed E-state index contributed by atoms with van der Waals surface area (Å²) < 4.78 is 29.6. The number of alkyl halides is 2. The van der Waals surface area contributed by atoms with Gasteiger partial charge in [0.2, 0.25) is 5.91 Å². The van der Waals surface area contributed by atoms with Gasteiger partial charge in [0, 0.05) is 30.8 Å². The molecule has 3 rings (SSSR count). The first-order valence-corrected chi connectivity index (χ1v) is 10.0. The number of likely N-dealkylation sites (tertiary alicyclic amines) is 1. The lowest BCUT2D eigenvalue weighted by molar-refractivity contribution is -0.126. The number of hydrogen-bond donors (Lipinski definition) is 1. The summed E-state index contributed by atoms with van der Waals surface area (Å²) in [7, 11) is 0. The number of para-hydroxylation sites is 1. The highest BCUT2D eigenvalue weighted by atomic mass is 19.3. The highest BCUT2D eigenvalue weighted by molar-refractivity contribution is 5.95. The molecule has 0 aliphatic carbocycles. The molecule has 1 fully saturated rings. The number of ether oxygens (including phenoxy) is 1. The van der Waals surface area contributed by atoms with Crippen LogP contribution in [0.25, 0.3) is 0 Å². The summed E-state index contributed by atoms with van der Waals surface area (Å²) in [6.45, 7) is 2.01. The smallest absolute Gasteiger partial charge is 0.387 e. The number of aryl methyl sites for hydroxylation is 2. The van der Waals surface area contributed by atoms with Crippen molar-refractivity contribution in [3.63, 3.8) is 0 Å². The summed E-state index contributed by atoms with van der Waals surface area (Å²) in [6, 6.07) is 12.1. The minimum absolute atomic E-state index is 0.0445. The van der Waals surface area contributed by atoms with Crippen LogP contribution in [0.3, 0.4) is 0 Å². The second-order valence-corrected chi connectivity index (χ2v) is 7.67. The fourth-order valence-electron chi connectivity index (χ4n) is 3.84. The van der Waals surface area contributed by atoms with E-state index in [0.29, 0.717) is 30.6 Å². The van der Waals surface area contributed by atoms with Gasteiger partial charge in [-0.2, -0.15) is 8.78 Å². The first-order valence-electron chi connectivity index (χ1n) is 10.0. The number of nitrogens with one attached hydrogen (secondary N) is 1. The summed E-state index contributed by atoms with van der Waals surface area (Å²) in [6.07, 6.45) is 1.41. The van der Waals surface area contributed by atoms with Gasteiger partial charge in [0.25, 0.3) is 5.91 Å². The molecular formula is C23H26F2N2O3. The molecule has 2 amide bonds. The second-order valence-electron chi connectivity index (χ2n) is 7.67. The fourth-order valence-corrected chi connectivity index (χ4v) is 3.84. The molecule has 0 aromatic heterocycles. The Morgan fingerprint density at radius 2 is 1.87 bits per heavy atom. The van der Waals surface area contributed by atoms with E-state index < -0.39 is 6.61 Å². The van der Waals surface area contributed by atoms with Gasteiger partial charge in [-0.15, -0.1) is 0 Å². The number of nitrogens with zero attached hydrogens (tertiary/aromatic N) is 1. The van der Waals surface area contributed by atoms with Crippen LogP contribution in [0, 0.1) is 19.8 Å². The predicted molar refractivity (Wildman–Crippen MR) is 109 cm³/mol. The molecule has 2 aromatic rings. The molecule has 160 valence electrons. The molecule has 1 aliphatic rings. The van der Waals surface area contributed by atoms with Crippen LogP contribution in [-0.4, -0.2) is 36.4 Å². The molecule has 1 heterocycles. The van der Waals surface area contributed by atoms with Crippen molar-refractivity contribution in [3.8, 4) is 5.75 Å². The van der Waals surface area contributed by atoms with Gasteiger partial charge in [-0.1, -0.05) is 35.4 Å². The molecule has 5 nitrogen and oxygen atoms in total. The van der Waals surface area contributed by atoms with Gasteiger partial charge < -0.3 is 15.0 Å². The van der Waals surface area contributed by atoms with Crippen LogP contribution in [0.4, 0.5) is 8.78 Å². The summed E-state index contributed by atoms with van der Waals surface area (Å²) in [5, 5.41) is 2.80. The van der Waals surface area contributed by atoms with Crippen LogP contribution in [0.2, 0.25) is 0 Å². The SMILES string of the molecule is Cc1cc(C)cc(C(=O)N2CCCC(C(=O)NCc3ccccc3OC(F)F)C2)c1. The van der Waals surface area contributed by atoms with Crippen LogP contribution in [0.15, 0.2) is 42.5 Å². The predicted octanol–water partition coefficient (Wildman–Crippen LogP) is 4.07. The van der Waals surface area contributed by atoms with Gasteiger partial charge in [0.1, 0.15) is 5.75 Å². The van der Waals surface area contributed by atoms with Crippen LogP contribution < -0.4 is 10.1 Å². The molecule has 1 atom stereocenters. The average Bonchev–Trinajstić information content (AvgIpc) is 2.71. The summed E-state index contributed by atoms with van der Waals surface area (Å²) in [5.74, 6) is -0.561. The number of amides is 2. The third-order valence-electron chi connectivity index (χ3n) is 5.19. The summed E-state index contributed by atoms with van der Waals surface area (Å²) in [4.78, 5) is 27.3. The van der Waals surface area contributed by atoms with E-state index in [4.69, 9.17) is 0 Å². The minimum Gasteiger partial charge on any atom is -0.434 e. The van der Waals surface area contributed by atoms with Crippen molar-refractivity contribution in [2.45, 2.75) is 39.8 Å². The lowest BCUT2D eigenvalue weighted by Gasteiger charge is -2.32. The molecule has 1 N–H and O–H groups in total. The molecule has 0 radical (unpaired) electrons. The Labute approximate surface area is 175 Å². The van der Waals surface area contributed by atoms with Gasteiger partial charge in [-0.3, -0.25) is 9.59 Å². The Kier molecular flexibility index (Phi) is 7.03. The molecule has 1 saturated heterocycles. The normalized spacial score (nSPS) is 16.4. The standard InChI is InChI=1S/C23H26F2N2O3/c1-15-10-16(2)12-19(11-15)22(29)27-9-5-7-18(14-27)21(28)26-13-17-6-3-4-8-20(17)30-23(24)25/h3-4,6,8,10-12,18,23H,5,7,9,13-14H2,1-2H3,(H,26,28). The maximum absolute atomic E-state index is 12.9. The van der Waals surface area contributed by atoms with Crippen molar-refractivity contribution in [1.82, 2.24) is 10.2 Å². The third-order valence-corrected chi connectivity index (χ3v) is 5.19. The Morgan fingerprint density at radius 1 is 1.17 bits per heavy atom. The van der Waals surface area contributed by atoms with Crippen molar-refractivity contribution in [1.29, 1.82) is 0 Å². The summed E-state index contributed by atoms with van der Waals surface area (Å²) >= 11 is 0. The highest BCUT2D eigenvalue weighted by Crippen LogP contribution is 2.22. The Morgan fingerprint density at radius 3 is 2.57 bits per heavy atom. The quantitative estimate of drug-likeness (QED) is 0.772. The number of rotatable bonds is 6. The number of hydrogen-bond acceptors (Lipinski definition) is 3. The van der Waals surface area contributed by atoms with Crippen LogP contribution in [0.1, 0.15) is 39.9 Å². The van der Waals surface area contributed by atoms with E-state index in [1.54, 1.807) is 23.1 Å². The van der Waals surface area contributed by atoms with Crippen LogP contribution in [-0.2, 0) is 11.3 Å². The van der Waals surface area contributed by atoms with Crippen molar-refractivity contribution < 1.29 is 23.1 Å². The number of carbonyl (C=O) groups is 2. The maximum Gasteiger partial charge on any atom is 0.387 e. The molecule has 2 aromatic carbocycles. The molecule has 7 heteroatoms. The molecular weight excluding hydrogens is 390 g/mol. The van der Waals surface area contributed by atoms with E-state index in [1.807, 2.05) is 32.0 Å². The lowest BCUT2D eigenvalue weighted by Crippen LogP contribution is -2.45. The zero-order chi connectivity index (χ0) is 21.7. The van der Waals surface area contributed by atoms with E-state index in [-0.39, 0.29) is 30.0 Å². The van der Waals surface area contributed by atoms with E-state index in [2.05, 4.69) is 10.1 Å². The zero-order valence-corrected chi connectivity index (χ0v) is 17.2. The van der Waals surface area contributed by atoms with E-state index in [1.165, 1.54) is 6.07 Å². The van der Waals surface area contributed by atoms with Crippen LogP contribution >= 0.6 is 0 Å². The van der Waals surface area contributed by atoms with Gasteiger partial charge in [0.05, 0.1) is 5.92 Å². The zero-order valence-electron chi connectivity index (χ0n) is 17.2. The number of halogens is 2. The monoisotopic (exact) mass is 416 g/mol. The van der Waals surface area contributed by atoms with Gasteiger partial charge >= 0.3 is 6.61 Å². The van der Waals surface area contributed by atoms with Gasteiger partial charge in [-0.05, 0) is 44.9 Å². The van der Waals surface area contributed by atoms with E-state index in [0.717, 1.165) is 17.5 Å². The molecule has 30 heavy (non-hydrogen) atoms. The summed E-state index contributed by atoms with van der Waals surface area (Å²) in [5.41, 5.74) is 3.15. The molecule has 1 aliphatic heterocycles. The minimum atomic E-state index is -2.93. The molecule has 1 unspecified atom stereocenters. The molecule has 0 spiro atoms. The number of carbonyl (C=O) groups excluding carboxylic acids is 2. The van der Waals surface area contributed by atoms with Crippen molar-refractivity contribution in [2.75, 3.05) is 13.1 Å². The molecule has 0 bridgehead atoms. The lowest BCUT2D eigenvalue weighted by atomic mass is 9.96. The fraction of sp³-hybridized carbons (Fsp3) is 0.391.